The topological polar surface area (TPSA) is 20.2 Å². The average Bonchev–Trinajstić information content (AvgIpc) is 2.23. The van der Waals surface area contributed by atoms with Gasteiger partial charge in [-0.3, -0.25) is 0 Å². The molecule has 16 heavy (non-hydrogen) atoms. The number of fused-ring (bicyclic) bond motifs is 1. The summed E-state index contributed by atoms with van der Waals surface area (Å²) in [5, 5.41) is 10.9. The second kappa shape index (κ2) is 4.03. The molecule has 2 aliphatic rings. The Morgan fingerprint density at radius 2 is 2.06 bits per heavy atom. The van der Waals surface area contributed by atoms with Gasteiger partial charge in [0.2, 0.25) is 0 Å². The Hall–Kier alpha value is -0.560. The Morgan fingerprint density at radius 1 is 1.38 bits per heavy atom. The monoisotopic (exact) mass is 220 g/mol. The number of rotatable bonds is 1. The molecule has 0 fully saturated rings. The van der Waals surface area contributed by atoms with Gasteiger partial charge in [0.25, 0.3) is 0 Å². The molecule has 0 aromatic carbocycles. The van der Waals surface area contributed by atoms with E-state index in [9.17, 15) is 5.11 Å². The molecule has 0 saturated carbocycles. The van der Waals surface area contributed by atoms with Crippen molar-refractivity contribution in [1.82, 2.24) is 0 Å². The highest BCUT2D eigenvalue weighted by Crippen LogP contribution is 2.47. The molecule has 0 saturated heterocycles. The fourth-order valence-electron chi connectivity index (χ4n) is 3.30. The molecule has 0 heterocycles. The molecule has 0 bridgehead atoms. The van der Waals surface area contributed by atoms with Crippen molar-refractivity contribution in [3.05, 3.63) is 23.3 Å². The van der Waals surface area contributed by atoms with Crippen molar-refractivity contribution < 1.29 is 5.11 Å². The molecular formula is C15H24O. The van der Waals surface area contributed by atoms with Crippen LogP contribution in [0.15, 0.2) is 23.3 Å². The Bertz CT molecular complexity index is 337. The quantitative estimate of drug-likeness (QED) is 0.668. The minimum Gasteiger partial charge on any atom is -0.389 e. The van der Waals surface area contributed by atoms with Crippen LogP contribution in [0.5, 0.6) is 0 Å². The van der Waals surface area contributed by atoms with E-state index >= 15 is 0 Å². The maximum atomic E-state index is 10.9. The third-order valence-corrected chi connectivity index (χ3v) is 4.66. The summed E-state index contributed by atoms with van der Waals surface area (Å²) in [5.74, 6) is 1.24. The zero-order valence-electron chi connectivity index (χ0n) is 11.0. The molecule has 0 amide bonds. The van der Waals surface area contributed by atoms with Crippen molar-refractivity contribution in [2.45, 2.75) is 52.6 Å². The van der Waals surface area contributed by atoms with E-state index in [2.05, 4.69) is 39.8 Å². The van der Waals surface area contributed by atoms with Crippen LogP contribution < -0.4 is 0 Å². The summed E-state index contributed by atoms with van der Waals surface area (Å²) in [4.78, 5) is 0. The third-order valence-electron chi connectivity index (χ3n) is 4.66. The molecule has 0 aromatic rings. The van der Waals surface area contributed by atoms with Gasteiger partial charge in [0.1, 0.15) is 0 Å². The summed E-state index contributed by atoms with van der Waals surface area (Å²) >= 11 is 0. The van der Waals surface area contributed by atoms with Crippen LogP contribution in [-0.4, -0.2) is 10.7 Å². The zero-order valence-corrected chi connectivity index (χ0v) is 11.0. The van der Waals surface area contributed by atoms with Crippen LogP contribution in [-0.2, 0) is 0 Å². The maximum Gasteiger partial charge on any atom is 0.0772 e. The summed E-state index contributed by atoms with van der Waals surface area (Å²) in [5.41, 5.74) is 2.42. The summed E-state index contributed by atoms with van der Waals surface area (Å²) in [6.45, 7) is 8.71. The van der Waals surface area contributed by atoms with Gasteiger partial charge < -0.3 is 5.11 Å². The van der Waals surface area contributed by atoms with Gasteiger partial charge in [0, 0.05) is 5.92 Å². The smallest absolute Gasteiger partial charge is 0.0772 e. The zero-order chi connectivity index (χ0) is 11.9. The molecule has 1 heteroatoms. The highest BCUT2D eigenvalue weighted by molar-refractivity contribution is 5.25. The third kappa shape index (κ3) is 1.75. The Morgan fingerprint density at radius 3 is 2.69 bits per heavy atom. The average molecular weight is 220 g/mol. The Kier molecular flexibility index (Phi) is 3.00. The molecule has 1 nitrogen and oxygen atoms in total. The van der Waals surface area contributed by atoms with E-state index in [0.29, 0.717) is 17.8 Å². The van der Waals surface area contributed by atoms with Gasteiger partial charge in [0.15, 0.2) is 0 Å². The highest BCUT2D eigenvalue weighted by Gasteiger charge is 2.45. The molecule has 0 unspecified atom stereocenters. The predicted molar refractivity (Wildman–Crippen MR) is 68.1 cm³/mol. The van der Waals surface area contributed by atoms with E-state index < -0.39 is 5.60 Å². The molecule has 3 atom stereocenters. The summed E-state index contributed by atoms with van der Waals surface area (Å²) in [7, 11) is 0. The van der Waals surface area contributed by atoms with Gasteiger partial charge in [-0.25, -0.2) is 0 Å². The first-order valence-corrected chi connectivity index (χ1v) is 6.51. The van der Waals surface area contributed by atoms with Crippen LogP contribution >= 0.6 is 0 Å². The fourth-order valence-corrected chi connectivity index (χ4v) is 3.30. The summed E-state index contributed by atoms with van der Waals surface area (Å²) in [6.07, 6.45) is 7.83. The first kappa shape index (κ1) is 11.9. The van der Waals surface area contributed by atoms with E-state index in [1.54, 1.807) is 0 Å². The van der Waals surface area contributed by atoms with Crippen LogP contribution in [0.25, 0.3) is 0 Å². The first-order valence-electron chi connectivity index (χ1n) is 6.51. The second-order valence-electron chi connectivity index (χ2n) is 5.98. The first-order chi connectivity index (χ1) is 7.45. The van der Waals surface area contributed by atoms with E-state index in [0.717, 1.165) is 6.42 Å². The van der Waals surface area contributed by atoms with Crippen molar-refractivity contribution in [2.75, 3.05) is 0 Å². The Balaban J connectivity index is 2.40. The number of hydrogen-bond donors (Lipinski definition) is 1. The molecule has 2 rings (SSSR count). The fraction of sp³-hybridized carbons (Fsp3) is 0.733. The highest BCUT2D eigenvalue weighted by atomic mass is 16.3. The molecule has 0 radical (unpaired) electrons. The molecule has 0 aromatic heterocycles. The van der Waals surface area contributed by atoms with E-state index in [1.165, 1.54) is 24.0 Å². The maximum absolute atomic E-state index is 10.9. The van der Waals surface area contributed by atoms with Gasteiger partial charge in [-0.15, -0.1) is 0 Å². The number of allylic oxidation sites excluding steroid dienone is 2. The molecule has 1 N–H and O–H groups in total. The van der Waals surface area contributed by atoms with Crippen LogP contribution in [0.3, 0.4) is 0 Å². The van der Waals surface area contributed by atoms with Crippen molar-refractivity contribution in [3.8, 4) is 0 Å². The largest absolute Gasteiger partial charge is 0.389 e. The lowest BCUT2D eigenvalue weighted by Crippen LogP contribution is -2.48. The summed E-state index contributed by atoms with van der Waals surface area (Å²) < 4.78 is 0. The van der Waals surface area contributed by atoms with Crippen molar-refractivity contribution >= 4 is 0 Å². The van der Waals surface area contributed by atoms with Crippen LogP contribution in [0, 0.1) is 17.8 Å². The Labute approximate surface area is 99.3 Å². The molecule has 0 aliphatic heterocycles. The minimum atomic E-state index is -0.522. The minimum absolute atomic E-state index is 0.325. The van der Waals surface area contributed by atoms with E-state index in [4.69, 9.17) is 0 Å². The van der Waals surface area contributed by atoms with Crippen LogP contribution in [0.1, 0.15) is 47.0 Å². The molecular weight excluding hydrogens is 196 g/mol. The number of aliphatic hydroxyl groups is 1. The van der Waals surface area contributed by atoms with Gasteiger partial charge in [-0.1, -0.05) is 37.1 Å². The predicted octanol–water partition coefficient (Wildman–Crippen LogP) is 3.70. The number of hydrogen-bond acceptors (Lipinski definition) is 1. The van der Waals surface area contributed by atoms with Crippen LogP contribution in [0.2, 0.25) is 0 Å². The van der Waals surface area contributed by atoms with Crippen LogP contribution in [0.4, 0.5) is 0 Å². The van der Waals surface area contributed by atoms with E-state index in [-0.39, 0.29) is 0 Å². The SMILES string of the molecule is CC1=C[C@H]2[C@@H](CC1)C(C)=CC[C@]2(O)C(C)C. The molecule has 0 spiro atoms. The van der Waals surface area contributed by atoms with Crippen molar-refractivity contribution in [1.29, 1.82) is 0 Å². The lowest BCUT2D eigenvalue weighted by Gasteiger charge is -2.47. The lowest BCUT2D eigenvalue weighted by atomic mass is 9.61. The van der Waals surface area contributed by atoms with Crippen molar-refractivity contribution in [3.63, 3.8) is 0 Å². The normalized spacial score (nSPS) is 39.1. The molecule has 90 valence electrons. The summed E-state index contributed by atoms with van der Waals surface area (Å²) in [6, 6.07) is 0. The van der Waals surface area contributed by atoms with Gasteiger partial charge in [-0.05, 0) is 44.9 Å². The lowest BCUT2D eigenvalue weighted by molar-refractivity contribution is -0.0632. The van der Waals surface area contributed by atoms with Gasteiger partial charge in [0.05, 0.1) is 5.60 Å². The second-order valence-corrected chi connectivity index (χ2v) is 5.98. The van der Waals surface area contributed by atoms with E-state index in [1.807, 2.05) is 0 Å². The van der Waals surface area contributed by atoms with Crippen molar-refractivity contribution in [2.24, 2.45) is 17.8 Å². The standard InChI is InChI=1S/C15H24O/c1-10(2)15(16)8-7-12(4)13-6-5-11(3)9-14(13)15/h7,9-10,13-14,16H,5-6,8H2,1-4H3/t13-,14-,15-/m0/s1. The van der Waals surface area contributed by atoms with Gasteiger partial charge >= 0.3 is 0 Å². The van der Waals surface area contributed by atoms with Gasteiger partial charge in [-0.2, -0.15) is 0 Å². The molecule has 2 aliphatic carbocycles.